The molecule has 0 bridgehead atoms. The zero-order chi connectivity index (χ0) is 7.11. The lowest BCUT2D eigenvalue weighted by Crippen LogP contribution is -1.76. The molecular formula is C3H6O4P2+2. The molecule has 0 aliphatic heterocycles. The molecule has 50 valence electrons. The molecule has 0 aliphatic rings. The molecule has 9 heavy (non-hydrogen) atoms. The standard InChI is InChI=1S/C3H6O4P2/c1-2-3-6-9(5)7-8-4/h2,8H,1,3H2/q+2. The maximum absolute atomic E-state index is 10.3. The summed E-state index contributed by atoms with van der Waals surface area (Å²) in [7, 11) is -3.25. The maximum atomic E-state index is 10.3. The molecule has 0 radical (unpaired) electrons. The Hall–Kier alpha value is -0.140. The lowest BCUT2D eigenvalue weighted by atomic mass is 10.7. The van der Waals surface area contributed by atoms with E-state index in [1.165, 1.54) is 6.08 Å². The highest BCUT2D eigenvalue weighted by molar-refractivity contribution is 7.41. The van der Waals surface area contributed by atoms with E-state index in [0.717, 1.165) is 0 Å². The van der Waals surface area contributed by atoms with Gasteiger partial charge in [0.05, 0.1) is 0 Å². The van der Waals surface area contributed by atoms with Crippen LogP contribution in [0.5, 0.6) is 0 Å². The minimum Gasteiger partial charge on any atom is -0.112 e. The second-order valence-corrected chi connectivity index (χ2v) is 2.59. The smallest absolute Gasteiger partial charge is 0.112 e. The lowest BCUT2D eigenvalue weighted by Gasteiger charge is -1.72. The first-order valence-corrected chi connectivity index (χ1v) is 3.97. The summed E-state index contributed by atoms with van der Waals surface area (Å²) in [4.78, 5) is 0. The van der Waals surface area contributed by atoms with E-state index in [4.69, 9.17) is 0 Å². The van der Waals surface area contributed by atoms with Crippen LogP contribution in [0.2, 0.25) is 0 Å². The molecular weight excluding hydrogens is 162 g/mol. The van der Waals surface area contributed by atoms with Crippen molar-refractivity contribution in [1.29, 1.82) is 0 Å². The zero-order valence-electron chi connectivity index (χ0n) is 4.57. The Bertz CT molecular complexity index is 123. The normalized spacial score (nSPS) is 11.3. The van der Waals surface area contributed by atoms with E-state index in [-0.39, 0.29) is 6.61 Å². The predicted molar refractivity (Wildman–Crippen MR) is 33.8 cm³/mol. The van der Waals surface area contributed by atoms with Gasteiger partial charge in [0.25, 0.3) is 0 Å². The van der Waals surface area contributed by atoms with Crippen LogP contribution in [0.15, 0.2) is 12.7 Å². The van der Waals surface area contributed by atoms with E-state index in [1.54, 1.807) is 0 Å². The molecule has 0 aromatic heterocycles. The van der Waals surface area contributed by atoms with Crippen molar-refractivity contribution >= 4 is 16.9 Å². The van der Waals surface area contributed by atoms with Crippen LogP contribution in [-0.2, 0) is 18.0 Å². The summed E-state index contributed by atoms with van der Waals surface area (Å²) in [5.41, 5.74) is 0. The Morgan fingerprint density at radius 1 is 1.78 bits per heavy atom. The van der Waals surface area contributed by atoms with Crippen molar-refractivity contribution in [3.63, 3.8) is 0 Å². The zero-order valence-corrected chi connectivity index (χ0v) is 6.47. The first kappa shape index (κ1) is 8.86. The van der Waals surface area contributed by atoms with Gasteiger partial charge < -0.3 is 0 Å². The lowest BCUT2D eigenvalue weighted by molar-refractivity contribution is 0.323. The van der Waals surface area contributed by atoms with Crippen molar-refractivity contribution in [2.45, 2.75) is 0 Å². The summed E-state index contributed by atoms with van der Waals surface area (Å²) in [6.45, 7) is 3.45. The molecule has 0 saturated heterocycles. The van der Waals surface area contributed by atoms with Gasteiger partial charge in [0, 0.05) is 4.57 Å². The van der Waals surface area contributed by atoms with Gasteiger partial charge in [-0.05, 0) is 4.57 Å². The fourth-order valence-electron chi connectivity index (χ4n) is 0.170. The Labute approximate surface area is 55.1 Å². The molecule has 0 fully saturated rings. The first-order valence-electron chi connectivity index (χ1n) is 2.06. The third kappa shape index (κ3) is 5.74. The Morgan fingerprint density at radius 2 is 2.44 bits per heavy atom. The maximum Gasteiger partial charge on any atom is 0.744 e. The summed E-state index contributed by atoms with van der Waals surface area (Å²) in [5, 5.41) is 0. The van der Waals surface area contributed by atoms with Crippen molar-refractivity contribution in [3.8, 4) is 0 Å². The summed E-state index contributed by atoms with van der Waals surface area (Å²) >= 11 is 0. The van der Waals surface area contributed by atoms with E-state index < -0.39 is 16.9 Å². The highest BCUT2D eigenvalue weighted by Gasteiger charge is 2.25. The number of hydrogen-bond donors (Lipinski definition) is 0. The monoisotopic (exact) mass is 168 g/mol. The van der Waals surface area contributed by atoms with E-state index in [1.807, 2.05) is 0 Å². The molecule has 0 saturated carbocycles. The summed E-state index contributed by atoms with van der Waals surface area (Å²) in [5.74, 6) is 0. The van der Waals surface area contributed by atoms with Crippen LogP contribution in [0.4, 0.5) is 0 Å². The average molecular weight is 168 g/mol. The molecule has 0 aromatic rings. The van der Waals surface area contributed by atoms with Crippen LogP contribution in [0.3, 0.4) is 0 Å². The molecule has 0 amide bonds. The topological polar surface area (TPSA) is 52.6 Å². The Morgan fingerprint density at radius 3 is 2.89 bits per heavy atom. The van der Waals surface area contributed by atoms with Gasteiger partial charge in [-0.2, -0.15) is 0 Å². The Kier molecular flexibility index (Phi) is 5.89. The van der Waals surface area contributed by atoms with Crippen LogP contribution >= 0.6 is 16.9 Å². The second-order valence-electron chi connectivity index (χ2n) is 0.983. The molecule has 0 N–H and O–H groups in total. The van der Waals surface area contributed by atoms with Crippen molar-refractivity contribution in [1.82, 2.24) is 0 Å². The largest absolute Gasteiger partial charge is 0.744 e. The Balaban J connectivity index is 3.26. The number of hydrogen-bond acceptors (Lipinski definition) is 4. The highest BCUT2D eigenvalue weighted by Crippen LogP contribution is 2.28. The molecule has 0 aliphatic carbocycles. The fraction of sp³-hybridized carbons (Fsp3) is 0.333. The van der Waals surface area contributed by atoms with E-state index in [2.05, 4.69) is 15.4 Å². The molecule has 0 aromatic carbocycles. The van der Waals surface area contributed by atoms with Crippen molar-refractivity contribution in [3.05, 3.63) is 12.7 Å². The third-order valence-corrected chi connectivity index (χ3v) is 1.66. The van der Waals surface area contributed by atoms with Crippen LogP contribution < -0.4 is 0 Å². The second kappa shape index (κ2) is 5.99. The van der Waals surface area contributed by atoms with E-state index >= 15 is 0 Å². The first-order chi connectivity index (χ1) is 4.31. The number of rotatable bonds is 5. The SMILES string of the molecule is C=CCO[P+](=O)O[PH+]=O. The molecule has 6 heteroatoms. The van der Waals surface area contributed by atoms with Crippen LogP contribution in [-0.4, -0.2) is 6.61 Å². The van der Waals surface area contributed by atoms with Gasteiger partial charge in [0.2, 0.25) is 0 Å². The molecule has 4 nitrogen and oxygen atoms in total. The van der Waals surface area contributed by atoms with Crippen LogP contribution in [0.25, 0.3) is 0 Å². The van der Waals surface area contributed by atoms with E-state index in [9.17, 15) is 9.13 Å². The van der Waals surface area contributed by atoms with Crippen LogP contribution in [0.1, 0.15) is 0 Å². The molecule has 0 spiro atoms. The molecule has 2 unspecified atom stereocenters. The fourth-order valence-corrected chi connectivity index (χ4v) is 0.852. The van der Waals surface area contributed by atoms with Gasteiger partial charge >= 0.3 is 16.9 Å². The molecule has 0 rings (SSSR count). The summed E-state index contributed by atoms with van der Waals surface area (Å²) in [6.07, 6.45) is 1.42. The third-order valence-electron chi connectivity index (χ3n) is 0.410. The highest BCUT2D eigenvalue weighted by atomic mass is 31.2. The average Bonchev–Trinajstić information content (AvgIpc) is 1.85. The molecule has 0 heterocycles. The van der Waals surface area contributed by atoms with Gasteiger partial charge in [-0.25, -0.2) is 0 Å². The summed E-state index contributed by atoms with van der Waals surface area (Å²) < 4.78 is 28.3. The minimum atomic E-state index is -2.21. The van der Waals surface area contributed by atoms with E-state index in [0.29, 0.717) is 0 Å². The van der Waals surface area contributed by atoms with Crippen molar-refractivity contribution in [2.24, 2.45) is 0 Å². The summed E-state index contributed by atoms with van der Waals surface area (Å²) in [6, 6.07) is 0. The predicted octanol–water partition coefficient (Wildman–Crippen LogP) is 1.80. The van der Waals surface area contributed by atoms with Crippen molar-refractivity contribution in [2.75, 3.05) is 6.61 Å². The van der Waals surface area contributed by atoms with Crippen LogP contribution in [0, 0.1) is 0 Å². The quantitative estimate of drug-likeness (QED) is 0.463. The minimum absolute atomic E-state index is 0.139. The molecule has 2 atom stereocenters. The van der Waals surface area contributed by atoms with Gasteiger partial charge in [0.1, 0.15) is 10.9 Å². The van der Waals surface area contributed by atoms with Gasteiger partial charge in [0.15, 0.2) is 0 Å². The van der Waals surface area contributed by atoms with Gasteiger partial charge in [-0.15, -0.1) is 11.1 Å². The van der Waals surface area contributed by atoms with Gasteiger partial charge in [-0.1, -0.05) is 6.08 Å². The van der Waals surface area contributed by atoms with Gasteiger partial charge in [-0.3, -0.25) is 0 Å². The van der Waals surface area contributed by atoms with Crippen molar-refractivity contribution < 1.29 is 18.0 Å².